The van der Waals surface area contributed by atoms with Gasteiger partial charge in [0.25, 0.3) is 0 Å². The highest BCUT2D eigenvalue weighted by atomic mass is 14.9. The predicted molar refractivity (Wildman–Crippen MR) is 81.1 cm³/mol. The standard InChI is InChI=1S/C17H22N2/c18-17(11-13-7-9-19-10-8-13)16-6-5-14-3-1-2-4-15(14)12-16/h1-6,12-13,17,19H,7-11,18H2. The summed E-state index contributed by atoms with van der Waals surface area (Å²) in [5, 5.41) is 6.00. The van der Waals surface area contributed by atoms with Crippen LogP contribution in [-0.2, 0) is 0 Å². The number of piperidine rings is 1. The lowest BCUT2D eigenvalue weighted by Crippen LogP contribution is -2.29. The topological polar surface area (TPSA) is 38.0 Å². The van der Waals surface area contributed by atoms with E-state index >= 15 is 0 Å². The van der Waals surface area contributed by atoms with Crippen molar-refractivity contribution in [3.63, 3.8) is 0 Å². The molecule has 0 radical (unpaired) electrons. The van der Waals surface area contributed by atoms with E-state index in [1.54, 1.807) is 0 Å². The zero-order valence-corrected chi connectivity index (χ0v) is 11.3. The summed E-state index contributed by atoms with van der Waals surface area (Å²) in [6, 6.07) is 15.3. The molecule has 1 heterocycles. The van der Waals surface area contributed by atoms with Gasteiger partial charge in [0.2, 0.25) is 0 Å². The van der Waals surface area contributed by atoms with Crippen molar-refractivity contribution in [1.29, 1.82) is 0 Å². The number of hydrogen-bond donors (Lipinski definition) is 2. The molecular weight excluding hydrogens is 232 g/mol. The van der Waals surface area contributed by atoms with E-state index in [1.165, 1.54) is 29.2 Å². The van der Waals surface area contributed by atoms with Crippen LogP contribution in [0.3, 0.4) is 0 Å². The van der Waals surface area contributed by atoms with E-state index in [0.717, 1.165) is 25.4 Å². The minimum atomic E-state index is 0.174. The van der Waals surface area contributed by atoms with Gasteiger partial charge in [0.05, 0.1) is 0 Å². The van der Waals surface area contributed by atoms with Gasteiger partial charge in [0, 0.05) is 6.04 Å². The van der Waals surface area contributed by atoms with E-state index in [-0.39, 0.29) is 6.04 Å². The van der Waals surface area contributed by atoms with Gasteiger partial charge >= 0.3 is 0 Å². The molecule has 2 heteroatoms. The van der Waals surface area contributed by atoms with Gasteiger partial charge in [0.1, 0.15) is 0 Å². The summed E-state index contributed by atoms with van der Waals surface area (Å²) in [6.45, 7) is 2.30. The van der Waals surface area contributed by atoms with Crippen molar-refractivity contribution in [2.24, 2.45) is 11.7 Å². The summed E-state index contributed by atoms with van der Waals surface area (Å²) in [7, 11) is 0. The van der Waals surface area contributed by atoms with Gasteiger partial charge in [-0.2, -0.15) is 0 Å². The Bertz CT molecular complexity index is 544. The minimum Gasteiger partial charge on any atom is -0.324 e. The molecule has 19 heavy (non-hydrogen) atoms. The molecule has 0 aromatic heterocycles. The second-order valence-electron chi connectivity index (χ2n) is 5.64. The maximum atomic E-state index is 6.40. The van der Waals surface area contributed by atoms with Crippen molar-refractivity contribution in [3.8, 4) is 0 Å². The number of hydrogen-bond acceptors (Lipinski definition) is 2. The van der Waals surface area contributed by atoms with Gasteiger partial charge in [-0.1, -0.05) is 36.4 Å². The highest BCUT2D eigenvalue weighted by Gasteiger charge is 2.17. The molecule has 2 aromatic carbocycles. The summed E-state index contributed by atoms with van der Waals surface area (Å²) < 4.78 is 0. The average Bonchev–Trinajstić information content (AvgIpc) is 2.48. The molecule has 3 N–H and O–H groups in total. The van der Waals surface area contributed by atoms with Crippen LogP contribution in [0, 0.1) is 5.92 Å². The fourth-order valence-electron chi connectivity index (χ4n) is 3.05. The van der Waals surface area contributed by atoms with E-state index in [9.17, 15) is 0 Å². The third-order valence-corrected chi connectivity index (χ3v) is 4.25. The van der Waals surface area contributed by atoms with E-state index in [2.05, 4.69) is 47.8 Å². The predicted octanol–water partition coefficient (Wildman–Crippen LogP) is 3.23. The first-order valence-corrected chi connectivity index (χ1v) is 7.28. The number of rotatable bonds is 3. The van der Waals surface area contributed by atoms with Gasteiger partial charge in [-0.05, 0) is 60.7 Å². The molecule has 1 unspecified atom stereocenters. The molecule has 3 rings (SSSR count). The highest BCUT2D eigenvalue weighted by molar-refractivity contribution is 5.83. The molecule has 0 spiro atoms. The molecule has 100 valence electrons. The maximum absolute atomic E-state index is 6.40. The Labute approximate surface area is 115 Å². The fraction of sp³-hybridized carbons (Fsp3) is 0.412. The van der Waals surface area contributed by atoms with Gasteiger partial charge < -0.3 is 11.1 Å². The van der Waals surface area contributed by atoms with Crippen LogP contribution < -0.4 is 11.1 Å². The van der Waals surface area contributed by atoms with Crippen LogP contribution in [0.1, 0.15) is 30.9 Å². The Kier molecular flexibility index (Phi) is 3.81. The Morgan fingerprint density at radius 3 is 2.58 bits per heavy atom. The molecule has 0 amide bonds. The Hall–Kier alpha value is -1.38. The van der Waals surface area contributed by atoms with Crippen molar-refractivity contribution in [2.45, 2.75) is 25.3 Å². The smallest absolute Gasteiger partial charge is 0.0297 e. The largest absolute Gasteiger partial charge is 0.324 e. The SMILES string of the molecule is NC(CC1CCNCC1)c1ccc2ccccc2c1. The van der Waals surface area contributed by atoms with E-state index in [1.807, 2.05) is 0 Å². The summed E-state index contributed by atoms with van der Waals surface area (Å²) in [4.78, 5) is 0. The normalized spacial score (nSPS) is 18.6. The van der Waals surface area contributed by atoms with Crippen LogP contribution in [0.5, 0.6) is 0 Å². The molecule has 0 saturated carbocycles. The van der Waals surface area contributed by atoms with Crippen molar-refractivity contribution < 1.29 is 0 Å². The molecule has 0 bridgehead atoms. The molecule has 1 aliphatic rings. The minimum absolute atomic E-state index is 0.174. The summed E-state index contributed by atoms with van der Waals surface area (Å²) in [5.74, 6) is 0.780. The van der Waals surface area contributed by atoms with Crippen LogP contribution in [-0.4, -0.2) is 13.1 Å². The molecule has 1 saturated heterocycles. The number of benzene rings is 2. The lowest BCUT2D eigenvalue weighted by molar-refractivity contribution is 0.333. The lowest BCUT2D eigenvalue weighted by atomic mass is 9.88. The van der Waals surface area contributed by atoms with E-state index in [0.29, 0.717) is 0 Å². The second kappa shape index (κ2) is 5.72. The first-order chi connectivity index (χ1) is 9.33. The molecule has 1 atom stereocenters. The van der Waals surface area contributed by atoms with Crippen molar-refractivity contribution >= 4 is 10.8 Å². The van der Waals surface area contributed by atoms with Crippen LogP contribution in [0.2, 0.25) is 0 Å². The zero-order valence-electron chi connectivity index (χ0n) is 11.3. The Balaban J connectivity index is 1.75. The number of fused-ring (bicyclic) bond motifs is 1. The Morgan fingerprint density at radius 1 is 1.05 bits per heavy atom. The monoisotopic (exact) mass is 254 g/mol. The van der Waals surface area contributed by atoms with Crippen LogP contribution in [0.15, 0.2) is 42.5 Å². The van der Waals surface area contributed by atoms with Crippen LogP contribution in [0.25, 0.3) is 10.8 Å². The van der Waals surface area contributed by atoms with Crippen LogP contribution in [0.4, 0.5) is 0 Å². The zero-order chi connectivity index (χ0) is 13.1. The quantitative estimate of drug-likeness (QED) is 0.882. The molecule has 2 nitrogen and oxygen atoms in total. The van der Waals surface area contributed by atoms with E-state index < -0.39 is 0 Å². The molecule has 2 aromatic rings. The maximum Gasteiger partial charge on any atom is 0.0297 e. The Morgan fingerprint density at radius 2 is 1.79 bits per heavy atom. The van der Waals surface area contributed by atoms with Gasteiger partial charge in [-0.15, -0.1) is 0 Å². The summed E-state index contributed by atoms with van der Waals surface area (Å²) >= 11 is 0. The third-order valence-electron chi connectivity index (χ3n) is 4.25. The molecule has 1 fully saturated rings. The highest BCUT2D eigenvalue weighted by Crippen LogP contribution is 2.26. The van der Waals surface area contributed by atoms with Crippen molar-refractivity contribution in [2.75, 3.05) is 13.1 Å². The fourth-order valence-corrected chi connectivity index (χ4v) is 3.05. The molecule has 1 aliphatic heterocycles. The lowest BCUT2D eigenvalue weighted by Gasteiger charge is -2.25. The van der Waals surface area contributed by atoms with Crippen LogP contribution >= 0.6 is 0 Å². The third kappa shape index (κ3) is 2.96. The number of nitrogens with two attached hydrogens (primary N) is 1. The van der Waals surface area contributed by atoms with Crippen molar-refractivity contribution in [1.82, 2.24) is 5.32 Å². The average molecular weight is 254 g/mol. The first-order valence-electron chi connectivity index (χ1n) is 7.28. The van der Waals surface area contributed by atoms with Gasteiger partial charge in [0.15, 0.2) is 0 Å². The first kappa shape index (κ1) is 12.6. The van der Waals surface area contributed by atoms with E-state index in [4.69, 9.17) is 5.73 Å². The molecule has 0 aliphatic carbocycles. The second-order valence-corrected chi connectivity index (χ2v) is 5.64. The van der Waals surface area contributed by atoms with Gasteiger partial charge in [-0.3, -0.25) is 0 Å². The number of nitrogens with one attached hydrogen (secondary N) is 1. The molecular formula is C17H22N2. The van der Waals surface area contributed by atoms with Gasteiger partial charge in [-0.25, -0.2) is 0 Å². The summed E-state index contributed by atoms with van der Waals surface area (Å²) in [5.41, 5.74) is 7.67. The summed E-state index contributed by atoms with van der Waals surface area (Å²) in [6.07, 6.45) is 3.64. The van der Waals surface area contributed by atoms with Crippen molar-refractivity contribution in [3.05, 3.63) is 48.0 Å².